The van der Waals surface area contributed by atoms with E-state index in [1.165, 1.54) is 0 Å². The minimum Gasteiger partial charge on any atom is -0.494 e. The molecule has 0 saturated carbocycles. The highest BCUT2D eigenvalue weighted by Crippen LogP contribution is 2.22. The minimum absolute atomic E-state index is 0.657. The summed E-state index contributed by atoms with van der Waals surface area (Å²) in [7, 11) is -3.53. The van der Waals surface area contributed by atoms with Crippen molar-refractivity contribution >= 4 is 10.0 Å². The van der Waals surface area contributed by atoms with Gasteiger partial charge in [-0.2, -0.15) is 0 Å². The van der Waals surface area contributed by atoms with Crippen molar-refractivity contribution in [2.45, 2.75) is 25.5 Å². The average molecular weight is 243 g/mol. The van der Waals surface area contributed by atoms with Crippen molar-refractivity contribution in [3.63, 3.8) is 0 Å². The molecule has 5 heteroatoms. The second-order valence-electron chi connectivity index (χ2n) is 3.65. The van der Waals surface area contributed by atoms with Gasteiger partial charge in [0.2, 0.25) is 10.0 Å². The summed E-state index contributed by atoms with van der Waals surface area (Å²) in [5.41, 5.74) is 0.673. The van der Waals surface area contributed by atoms with Gasteiger partial charge >= 0.3 is 0 Å². The highest BCUT2D eigenvalue weighted by molar-refractivity contribution is 7.89. The fourth-order valence-corrected chi connectivity index (χ4v) is 1.78. The molecule has 2 N–H and O–H groups in total. The maximum Gasteiger partial charge on any atom is 0.215 e. The van der Waals surface area contributed by atoms with E-state index in [9.17, 15) is 8.42 Å². The third-order valence-corrected chi connectivity index (χ3v) is 3.57. The molecule has 4 nitrogen and oxygen atoms in total. The molecule has 1 aromatic carbocycles. The maximum absolute atomic E-state index is 11.1. The van der Waals surface area contributed by atoms with Crippen LogP contribution in [-0.4, -0.2) is 15.0 Å². The van der Waals surface area contributed by atoms with Crippen LogP contribution >= 0.6 is 0 Å². The van der Waals surface area contributed by atoms with E-state index in [2.05, 4.69) is 0 Å². The van der Waals surface area contributed by atoms with Gasteiger partial charge < -0.3 is 4.74 Å². The van der Waals surface area contributed by atoms with E-state index >= 15 is 0 Å². The summed E-state index contributed by atoms with van der Waals surface area (Å²) >= 11 is 0. The van der Waals surface area contributed by atoms with Gasteiger partial charge in [-0.05, 0) is 31.0 Å². The Morgan fingerprint density at radius 2 is 1.88 bits per heavy atom. The van der Waals surface area contributed by atoms with E-state index in [0.717, 1.165) is 12.2 Å². The Kier molecular flexibility index (Phi) is 4.32. The zero-order chi connectivity index (χ0) is 12.2. The highest BCUT2D eigenvalue weighted by Gasteiger charge is 2.17. The lowest BCUT2D eigenvalue weighted by Gasteiger charge is -2.10. The number of hydrogen-bond donors (Lipinski definition) is 1. The van der Waals surface area contributed by atoms with Gasteiger partial charge in [0, 0.05) is 0 Å². The summed E-state index contributed by atoms with van der Waals surface area (Å²) in [6.45, 7) is 4.25. The molecule has 0 spiro atoms. The van der Waals surface area contributed by atoms with Crippen LogP contribution < -0.4 is 9.88 Å². The van der Waals surface area contributed by atoms with Gasteiger partial charge in [-0.15, -0.1) is 0 Å². The molecule has 1 atom stereocenters. The van der Waals surface area contributed by atoms with Gasteiger partial charge in [-0.3, -0.25) is 0 Å². The van der Waals surface area contributed by atoms with Crippen molar-refractivity contribution in [1.29, 1.82) is 0 Å². The van der Waals surface area contributed by atoms with E-state index in [1.54, 1.807) is 31.2 Å². The molecular formula is C11H17NO3S. The predicted molar refractivity (Wildman–Crippen MR) is 63.8 cm³/mol. The summed E-state index contributed by atoms with van der Waals surface area (Å²) in [5, 5.41) is 4.38. The molecule has 0 fully saturated rings. The molecular weight excluding hydrogens is 226 g/mol. The largest absolute Gasteiger partial charge is 0.494 e. The number of hydrogen-bond acceptors (Lipinski definition) is 3. The van der Waals surface area contributed by atoms with E-state index in [1.807, 2.05) is 6.92 Å². The second-order valence-corrected chi connectivity index (χ2v) is 5.53. The van der Waals surface area contributed by atoms with Gasteiger partial charge in [-0.1, -0.05) is 19.1 Å². The minimum atomic E-state index is -3.53. The van der Waals surface area contributed by atoms with Crippen molar-refractivity contribution in [3.05, 3.63) is 29.8 Å². The lowest BCUT2D eigenvalue weighted by molar-refractivity contribution is 0.317. The average Bonchev–Trinajstić information content (AvgIpc) is 2.25. The topological polar surface area (TPSA) is 69.4 Å². The monoisotopic (exact) mass is 243 g/mol. The molecule has 16 heavy (non-hydrogen) atoms. The van der Waals surface area contributed by atoms with Crippen molar-refractivity contribution < 1.29 is 13.2 Å². The summed E-state index contributed by atoms with van der Waals surface area (Å²) in [5.74, 6) is 0.743. The molecule has 1 unspecified atom stereocenters. The summed E-state index contributed by atoms with van der Waals surface area (Å²) in [6.07, 6.45) is 0.940. The molecule has 0 saturated heterocycles. The number of sulfonamides is 1. The molecule has 0 aromatic heterocycles. The Hall–Kier alpha value is -1.07. The number of nitrogens with two attached hydrogens (primary N) is 1. The number of rotatable bonds is 5. The lowest BCUT2D eigenvalue weighted by atomic mass is 10.1. The van der Waals surface area contributed by atoms with Gasteiger partial charge in [0.25, 0.3) is 0 Å². The van der Waals surface area contributed by atoms with Gasteiger partial charge in [-0.25, -0.2) is 13.6 Å². The number of benzene rings is 1. The highest BCUT2D eigenvalue weighted by atomic mass is 32.2. The first-order valence-corrected chi connectivity index (χ1v) is 6.80. The van der Waals surface area contributed by atoms with Crippen LogP contribution in [-0.2, 0) is 10.0 Å². The van der Waals surface area contributed by atoms with Gasteiger partial charge in [0.1, 0.15) is 5.75 Å². The third-order valence-electron chi connectivity index (χ3n) is 2.32. The van der Waals surface area contributed by atoms with Gasteiger partial charge in [0.05, 0.1) is 11.9 Å². The molecule has 0 aliphatic heterocycles. The Morgan fingerprint density at radius 3 is 2.31 bits per heavy atom. The molecule has 0 aliphatic carbocycles. The first-order valence-electron chi connectivity index (χ1n) is 5.19. The zero-order valence-electron chi connectivity index (χ0n) is 9.51. The van der Waals surface area contributed by atoms with Crippen LogP contribution in [0.15, 0.2) is 24.3 Å². The maximum atomic E-state index is 11.1. The zero-order valence-corrected chi connectivity index (χ0v) is 10.3. The van der Waals surface area contributed by atoms with Crippen LogP contribution in [0.4, 0.5) is 0 Å². The van der Waals surface area contributed by atoms with Crippen LogP contribution in [0.25, 0.3) is 0 Å². The van der Waals surface area contributed by atoms with Crippen molar-refractivity contribution in [2.75, 3.05) is 6.61 Å². The normalized spacial score (nSPS) is 13.4. The Bertz CT molecular complexity index is 425. The van der Waals surface area contributed by atoms with Crippen molar-refractivity contribution in [3.8, 4) is 5.75 Å². The fraction of sp³-hybridized carbons (Fsp3) is 0.455. The third kappa shape index (κ3) is 3.50. The van der Waals surface area contributed by atoms with E-state index in [-0.39, 0.29) is 0 Å². The Labute approximate surface area is 96.5 Å². The van der Waals surface area contributed by atoms with Crippen LogP contribution in [0.5, 0.6) is 5.75 Å². The Balaban J connectivity index is 2.79. The van der Waals surface area contributed by atoms with Crippen LogP contribution in [0, 0.1) is 0 Å². The molecule has 0 bridgehead atoms. The Morgan fingerprint density at radius 1 is 1.31 bits per heavy atom. The first kappa shape index (κ1) is 13.0. The van der Waals surface area contributed by atoms with E-state index in [0.29, 0.717) is 12.2 Å². The second kappa shape index (κ2) is 5.32. The number of ether oxygens (including phenoxy) is 1. The van der Waals surface area contributed by atoms with Crippen LogP contribution in [0.1, 0.15) is 31.1 Å². The first-order chi connectivity index (χ1) is 7.45. The molecule has 90 valence electrons. The van der Waals surface area contributed by atoms with Crippen LogP contribution in [0.3, 0.4) is 0 Å². The fourth-order valence-electron chi connectivity index (χ4n) is 1.24. The molecule has 0 aliphatic rings. The van der Waals surface area contributed by atoms with Crippen molar-refractivity contribution in [2.24, 2.45) is 5.14 Å². The molecule has 1 aromatic rings. The van der Waals surface area contributed by atoms with E-state index in [4.69, 9.17) is 9.88 Å². The predicted octanol–water partition coefficient (Wildman–Crippen LogP) is 1.82. The summed E-state index contributed by atoms with van der Waals surface area (Å²) < 4.78 is 27.7. The standard InChI is InChI=1S/C11H17NO3S/c1-3-8-15-11-6-4-10(5-7-11)9(2)16(12,13)14/h4-7,9H,3,8H2,1-2H3,(H2,12,13,14). The van der Waals surface area contributed by atoms with Crippen molar-refractivity contribution in [1.82, 2.24) is 0 Å². The molecule has 0 heterocycles. The van der Waals surface area contributed by atoms with E-state index < -0.39 is 15.3 Å². The lowest BCUT2D eigenvalue weighted by Crippen LogP contribution is -2.19. The van der Waals surface area contributed by atoms with Crippen LogP contribution in [0.2, 0.25) is 0 Å². The summed E-state index contributed by atoms with van der Waals surface area (Å²) in [6, 6.07) is 6.96. The smallest absolute Gasteiger partial charge is 0.215 e. The quantitative estimate of drug-likeness (QED) is 0.857. The number of primary sulfonamides is 1. The summed E-state index contributed by atoms with van der Waals surface area (Å²) in [4.78, 5) is 0. The molecule has 0 radical (unpaired) electrons. The molecule has 0 amide bonds. The molecule has 1 rings (SSSR count). The van der Waals surface area contributed by atoms with Gasteiger partial charge in [0.15, 0.2) is 0 Å². The SMILES string of the molecule is CCCOc1ccc(C(C)S(N)(=O)=O)cc1.